The number of carbonyl (C=O) groups is 1. The van der Waals surface area contributed by atoms with Crippen molar-refractivity contribution in [2.75, 3.05) is 59.5 Å². The molecule has 0 bridgehead atoms. The van der Waals surface area contributed by atoms with Crippen LogP contribution in [0, 0.1) is 16.7 Å². The van der Waals surface area contributed by atoms with Gasteiger partial charge in [0.05, 0.1) is 18.8 Å². The number of fused-ring (bicyclic) bond motifs is 1. The van der Waals surface area contributed by atoms with Gasteiger partial charge in [0.15, 0.2) is 0 Å². The molecular weight excluding hydrogens is 428 g/mol. The molecule has 0 unspecified atom stereocenters. The van der Waals surface area contributed by atoms with E-state index in [9.17, 15) is 9.90 Å². The summed E-state index contributed by atoms with van der Waals surface area (Å²) in [6.07, 6.45) is 7.75. The number of nitrogens with one attached hydrogen (secondary N) is 2. The van der Waals surface area contributed by atoms with Crippen LogP contribution in [0.2, 0.25) is 0 Å². The molecule has 1 amide bonds. The largest absolute Gasteiger partial charge is 0.390 e. The van der Waals surface area contributed by atoms with E-state index in [0.29, 0.717) is 31.0 Å². The molecule has 4 rings (SSSR count). The maximum Gasteiger partial charge on any atom is 0.220 e. The van der Waals surface area contributed by atoms with E-state index < -0.39 is 5.60 Å². The fourth-order valence-corrected chi connectivity index (χ4v) is 7.54. The van der Waals surface area contributed by atoms with Crippen LogP contribution < -0.4 is 10.6 Å². The van der Waals surface area contributed by atoms with Gasteiger partial charge in [-0.25, -0.2) is 0 Å². The number of piperidine rings is 1. The van der Waals surface area contributed by atoms with Crippen LogP contribution in [0.25, 0.3) is 0 Å². The van der Waals surface area contributed by atoms with E-state index in [2.05, 4.69) is 41.3 Å². The maximum absolute atomic E-state index is 12.9. The van der Waals surface area contributed by atoms with Crippen LogP contribution in [0.5, 0.6) is 0 Å². The third-order valence-electron chi connectivity index (χ3n) is 9.66. The van der Waals surface area contributed by atoms with Crippen molar-refractivity contribution < 1.29 is 14.6 Å². The number of hydrogen-bond acceptors (Lipinski definition) is 6. The molecule has 0 aromatic carbocycles. The van der Waals surface area contributed by atoms with Crippen LogP contribution in [-0.2, 0) is 9.53 Å². The van der Waals surface area contributed by atoms with Crippen LogP contribution >= 0.6 is 0 Å². The topological polar surface area (TPSA) is 77.1 Å². The third-order valence-corrected chi connectivity index (χ3v) is 9.66. The Morgan fingerprint density at radius 3 is 2.47 bits per heavy atom. The first kappa shape index (κ1) is 26.3. The second-order valence-corrected chi connectivity index (χ2v) is 12.8. The number of rotatable bonds is 8. The van der Waals surface area contributed by atoms with Crippen molar-refractivity contribution in [1.82, 2.24) is 20.4 Å². The predicted molar refractivity (Wildman–Crippen MR) is 136 cm³/mol. The van der Waals surface area contributed by atoms with Crippen molar-refractivity contribution in [3.05, 3.63) is 0 Å². The van der Waals surface area contributed by atoms with E-state index in [-0.39, 0.29) is 16.7 Å². The van der Waals surface area contributed by atoms with Crippen LogP contribution in [0.3, 0.4) is 0 Å². The van der Waals surface area contributed by atoms with Gasteiger partial charge in [-0.1, -0.05) is 13.8 Å². The molecule has 0 spiro atoms. The molecule has 0 aromatic heterocycles. The number of ether oxygens (including phenoxy) is 1. The van der Waals surface area contributed by atoms with Gasteiger partial charge >= 0.3 is 0 Å². The minimum absolute atomic E-state index is 0.0939. The summed E-state index contributed by atoms with van der Waals surface area (Å²) in [5, 5.41) is 18.3. The fraction of sp³-hybridized carbons (Fsp3) is 0.963. The van der Waals surface area contributed by atoms with Gasteiger partial charge < -0.3 is 25.4 Å². The van der Waals surface area contributed by atoms with Gasteiger partial charge in [-0.2, -0.15) is 0 Å². The summed E-state index contributed by atoms with van der Waals surface area (Å²) in [4.78, 5) is 17.7. The number of carbonyl (C=O) groups excluding carboxylic acids is 1. The van der Waals surface area contributed by atoms with Gasteiger partial charge in [0.25, 0.3) is 0 Å². The SMILES string of the molecule is CN1CCC(N[C@H]2CC(C)(C)[C@@H]3C[C@@](C)(O)CC[C@]23CCC(=O)NCCN2CCOCC2)CC1. The Hall–Kier alpha value is -0.730. The smallest absolute Gasteiger partial charge is 0.220 e. The van der Waals surface area contributed by atoms with Crippen molar-refractivity contribution in [2.24, 2.45) is 16.7 Å². The monoisotopic (exact) mass is 478 g/mol. The molecule has 2 saturated carbocycles. The lowest BCUT2D eigenvalue weighted by molar-refractivity contribution is -0.123. The summed E-state index contributed by atoms with van der Waals surface area (Å²) in [5.41, 5.74) is -0.328. The Morgan fingerprint density at radius 2 is 1.76 bits per heavy atom. The summed E-state index contributed by atoms with van der Waals surface area (Å²) in [5.74, 6) is 0.620. The van der Waals surface area contributed by atoms with E-state index in [1.165, 1.54) is 12.8 Å². The van der Waals surface area contributed by atoms with Gasteiger partial charge in [-0.15, -0.1) is 0 Å². The summed E-state index contributed by atoms with van der Waals surface area (Å²) >= 11 is 0. The number of hydrogen-bond donors (Lipinski definition) is 3. The molecule has 2 aliphatic heterocycles. The maximum atomic E-state index is 12.9. The normalized spacial score (nSPS) is 37.4. The lowest BCUT2D eigenvalue weighted by Crippen LogP contribution is -2.54. The van der Waals surface area contributed by atoms with Crippen LogP contribution in [0.1, 0.15) is 72.1 Å². The first-order chi connectivity index (χ1) is 16.1. The highest BCUT2D eigenvalue weighted by Crippen LogP contribution is 2.64. The number of nitrogens with zero attached hydrogens (tertiary/aromatic N) is 2. The lowest BCUT2D eigenvalue weighted by Gasteiger charge is -2.51. The summed E-state index contributed by atoms with van der Waals surface area (Å²) in [7, 11) is 2.22. The highest BCUT2D eigenvalue weighted by molar-refractivity contribution is 5.75. The number of amides is 1. The second kappa shape index (κ2) is 10.7. The van der Waals surface area contributed by atoms with Crippen molar-refractivity contribution in [3.63, 3.8) is 0 Å². The van der Waals surface area contributed by atoms with E-state index in [4.69, 9.17) is 4.74 Å². The zero-order valence-corrected chi connectivity index (χ0v) is 22.2. The molecule has 4 aliphatic rings. The standard InChI is InChI=1S/C27H50N4O3/c1-25(2)20-23(29-21-6-12-30(4)13-7-21)27(10-9-26(3,33)19-22(25)27)8-5-24(32)28-11-14-31-15-17-34-18-16-31/h21-23,29,33H,5-20H2,1-4H3,(H,28,32)/t22-,23-,26-,27-/m0/s1. The molecule has 0 aromatic rings. The Morgan fingerprint density at radius 1 is 1.06 bits per heavy atom. The average molecular weight is 479 g/mol. The van der Waals surface area contributed by atoms with Crippen molar-refractivity contribution in [2.45, 2.75) is 89.8 Å². The molecule has 34 heavy (non-hydrogen) atoms. The zero-order valence-electron chi connectivity index (χ0n) is 22.2. The van der Waals surface area contributed by atoms with Crippen LogP contribution in [0.4, 0.5) is 0 Å². The molecule has 7 nitrogen and oxygen atoms in total. The first-order valence-corrected chi connectivity index (χ1v) is 13.8. The minimum atomic E-state index is -0.589. The molecule has 196 valence electrons. The van der Waals surface area contributed by atoms with Crippen LogP contribution in [-0.4, -0.2) is 98.0 Å². The number of aliphatic hydroxyl groups is 1. The van der Waals surface area contributed by atoms with Gasteiger partial charge in [-0.05, 0) is 88.8 Å². The zero-order chi connectivity index (χ0) is 24.4. The molecule has 2 aliphatic carbocycles. The third kappa shape index (κ3) is 6.15. The highest BCUT2D eigenvalue weighted by atomic mass is 16.5. The number of morpholine rings is 1. The van der Waals surface area contributed by atoms with E-state index in [1.807, 2.05) is 6.92 Å². The molecule has 3 N–H and O–H groups in total. The van der Waals surface area contributed by atoms with Gasteiger partial charge in [0.2, 0.25) is 5.91 Å². The average Bonchev–Trinajstić information content (AvgIpc) is 3.00. The summed E-state index contributed by atoms with van der Waals surface area (Å²) in [6, 6.07) is 0.996. The number of likely N-dealkylation sites (tertiary alicyclic amines) is 1. The first-order valence-electron chi connectivity index (χ1n) is 13.8. The van der Waals surface area contributed by atoms with Gasteiger partial charge in [0.1, 0.15) is 0 Å². The Labute approximate surface area is 207 Å². The van der Waals surface area contributed by atoms with E-state index in [0.717, 1.165) is 78.0 Å². The van der Waals surface area contributed by atoms with Crippen molar-refractivity contribution in [3.8, 4) is 0 Å². The van der Waals surface area contributed by atoms with Gasteiger partial charge in [-0.3, -0.25) is 9.69 Å². The second-order valence-electron chi connectivity index (χ2n) is 12.8. The Bertz CT molecular complexity index is 685. The Kier molecular flexibility index (Phi) is 8.30. The van der Waals surface area contributed by atoms with Gasteiger partial charge in [0, 0.05) is 44.7 Å². The molecule has 2 heterocycles. The van der Waals surface area contributed by atoms with E-state index in [1.54, 1.807) is 0 Å². The molecule has 0 radical (unpaired) electrons. The molecule has 2 saturated heterocycles. The van der Waals surface area contributed by atoms with E-state index >= 15 is 0 Å². The molecule has 4 atom stereocenters. The van der Waals surface area contributed by atoms with Crippen LogP contribution in [0.15, 0.2) is 0 Å². The predicted octanol–water partition coefficient (Wildman–Crippen LogP) is 2.23. The quantitative estimate of drug-likeness (QED) is 0.497. The van der Waals surface area contributed by atoms with Crippen molar-refractivity contribution >= 4 is 5.91 Å². The fourth-order valence-electron chi connectivity index (χ4n) is 7.54. The molecule has 4 fully saturated rings. The Balaban J connectivity index is 1.39. The molecule has 7 heteroatoms. The van der Waals surface area contributed by atoms with Crippen molar-refractivity contribution in [1.29, 1.82) is 0 Å². The lowest BCUT2D eigenvalue weighted by atomic mass is 9.57. The summed E-state index contributed by atoms with van der Waals surface area (Å²) in [6.45, 7) is 14.2. The minimum Gasteiger partial charge on any atom is -0.390 e. The highest BCUT2D eigenvalue weighted by Gasteiger charge is 2.61. The molecular formula is C27H50N4O3. The summed E-state index contributed by atoms with van der Waals surface area (Å²) < 4.78 is 5.42.